The van der Waals surface area contributed by atoms with Gasteiger partial charge in [-0.05, 0) is 68.7 Å². The van der Waals surface area contributed by atoms with E-state index < -0.39 is 5.60 Å². The number of ether oxygens (including phenoxy) is 2. The van der Waals surface area contributed by atoms with Crippen LogP contribution in [-0.4, -0.2) is 12.2 Å². The number of hydrogen-bond donors (Lipinski definition) is 0. The van der Waals surface area contributed by atoms with Crippen molar-refractivity contribution in [1.82, 2.24) is 0 Å². The number of aryl methyl sites for hydroxylation is 3. The lowest BCUT2D eigenvalue weighted by molar-refractivity contribution is 0.0224. The summed E-state index contributed by atoms with van der Waals surface area (Å²) in [4.78, 5) is 17.3. The lowest BCUT2D eigenvalue weighted by atomic mass is 9.76. The van der Waals surface area contributed by atoms with Crippen LogP contribution in [0.3, 0.4) is 0 Å². The summed E-state index contributed by atoms with van der Waals surface area (Å²) in [5, 5.41) is 0. The number of rotatable bonds is 1. The van der Waals surface area contributed by atoms with E-state index in [1.807, 2.05) is 56.3 Å². The third-order valence-corrected chi connectivity index (χ3v) is 5.91. The van der Waals surface area contributed by atoms with Crippen molar-refractivity contribution in [2.24, 2.45) is 4.99 Å². The van der Waals surface area contributed by atoms with Crippen molar-refractivity contribution < 1.29 is 14.3 Å². The molecule has 0 aromatic heterocycles. The first-order valence-electron chi connectivity index (χ1n) is 9.72. The Kier molecular flexibility index (Phi) is 3.69. The number of fused-ring (bicyclic) bond motifs is 6. The number of hydrogen-bond acceptors (Lipinski definition) is 4. The Balaban J connectivity index is 1.90. The molecule has 0 fully saturated rings. The van der Waals surface area contributed by atoms with Gasteiger partial charge in [0.1, 0.15) is 11.5 Å². The van der Waals surface area contributed by atoms with Crippen LogP contribution in [-0.2, 0) is 10.3 Å². The maximum Gasteiger partial charge on any atom is 0.340 e. The van der Waals surface area contributed by atoms with Gasteiger partial charge in [0, 0.05) is 29.0 Å². The van der Waals surface area contributed by atoms with Gasteiger partial charge in [-0.3, -0.25) is 4.99 Å². The van der Waals surface area contributed by atoms with E-state index in [-0.39, 0.29) is 5.97 Å². The van der Waals surface area contributed by atoms with Crippen molar-refractivity contribution in [2.45, 2.75) is 33.3 Å². The second-order valence-electron chi connectivity index (χ2n) is 7.67. The van der Waals surface area contributed by atoms with Crippen LogP contribution in [0.2, 0.25) is 0 Å². The molecule has 3 aromatic rings. The summed E-state index contributed by atoms with van der Waals surface area (Å²) in [6, 6.07) is 15.7. The Bertz CT molecular complexity index is 1220. The van der Waals surface area contributed by atoms with E-state index in [0.29, 0.717) is 17.1 Å². The average Bonchev–Trinajstić information content (AvgIpc) is 2.99. The molecule has 0 N–H and O–H groups in total. The van der Waals surface area contributed by atoms with Crippen LogP contribution >= 0.6 is 0 Å². The molecule has 3 aromatic carbocycles. The maximum atomic E-state index is 12.9. The molecule has 4 heteroatoms. The van der Waals surface area contributed by atoms with E-state index in [4.69, 9.17) is 9.47 Å². The van der Waals surface area contributed by atoms with Crippen LogP contribution in [0.4, 0.5) is 5.69 Å². The average molecular weight is 383 g/mol. The molecule has 144 valence electrons. The first-order valence-corrected chi connectivity index (χ1v) is 9.72. The zero-order chi connectivity index (χ0) is 20.3. The first kappa shape index (κ1) is 17.7. The van der Waals surface area contributed by atoms with Crippen molar-refractivity contribution >= 4 is 17.9 Å². The highest BCUT2D eigenvalue weighted by Gasteiger charge is 2.53. The van der Waals surface area contributed by atoms with Crippen LogP contribution in [0.1, 0.15) is 50.7 Å². The lowest BCUT2D eigenvalue weighted by Crippen LogP contribution is -2.33. The summed E-state index contributed by atoms with van der Waals surface area (Å²) >= 11 is 0. The summed E-state index contributed by atoms with van der Waals surface area (Å²) in [6.45, 7) is 8.01. The van der Waals surface area contributed by atoms with Gasteiger partial charge in [0.25, 0.3) is 0 Å². The molecule has 1 atom stereocenters. The van der Waals surface area contributed by atoms with Crippen molar-refractivity contribution in [2.75, 3.05) is 0 Å². The summed E-state index contributed by atoms with van der Waals surface area (Å²) in [5.41, 5.74) is 6.20. The Morgan fingerprint density at radius 2 is 1.52 bits per heavy atom. The maximum absolute atomic E-state index is 12.9. The number of nitrogens with zero attached hydrogens (tertiary/aromatic N) is 1. The van der Waals surface area contributed by atoms with Crippen molar-refractivity contribution in [3.8, 4) is 11.5 Å². The minimum absolute atomic E-state index is 0.314. The SMILES string of the molecule is CC=Nc1cc2c(cc1C)C1(OC(=O)c3ccccc31)c1cc(C)c(C)cc1O2. The molecule has 0 amide bonds. The standard InChI is InChI=1S/C25H21NO3/c1-5-26-21-13-23-20(11-16(21)4)25(18-9-7-6-8-17(18)24(27)29-25)19-10-14(2)15(3)12-22(19)28-23/h5-13H,1-4H3. The van der Waals surface area contributed by atoms with E-state index in [1.54, 1.807) is 6.21 Å². The Morgan fingerprint density at radius 3 is 2.28 bits per heavy atom. The molecule has 0 bridgehead atoms. The van der Waals surface area contributed by atoms with E-state index in [0.717, 1.165) is 39.1 Å². The molecule has 29 heavy (non-hydrogen) atoms. The van der Waals surface area contributed by atoms with Crippen LogP contribution in [0, 0.1) is 20.8 Å². The molecule has 0 aliphatic carbocycles. The summed E-state index contributed by atoms with van der Waals surface area (Å²) in [6.07, 6.45) is 1.76. The van der Waals surface area contributed by atoms with Crippen LogP contribution in [0.25, 0.3) is 0 Å². The minimum Gasteiger partial charge on any atom is -0.456 e. The fraction of sp³-hybridized carbons (Fsp3) is 0.200. The summed E-state index contributed by atoms with van der Waals surface area (Å²) in [7, 11) is 0. The van der Waals surface area contributed by atoms with Crippen molar-refractivity contribution in [3.05, 3.63) is 87.5 Å². The molecule has 2 aliphatic rings. The zero-order valence-corrected chi connectivity index (χ0v) is 16.9. The largest absolute Gasteiger partial charge is 0.456 e. The topological polar surface area (TPSA) is 47.9 Å². The Morgan fingerprint density at radius 1 is 0.862 bits per heavy atom. The van der Waals surface area contributed by atoms with E-state index in [2.05, 4.69) is 24.9 Å². The minimum atomic E-state index is -1.02. The molecular weight excluding hydrogens is 362 g/mol. The fourth-order valence-electron chi connectivity index (χ4n) is 4.35. The van der Waals surface area contributed by atoms with E-state index in [9.17, 15) is 4.79 Å². The third kappa shape index (κ3) is 2.32. The quantitative estimate of drug-likeness (QED) is 0.388. The molecule has 5 rings (SSSR count). The highest BCUT2D eigenvalue weighted by Crippen LogP contribution is 2.57. The molecule has 2 aliphatic heterocycles. The predicted molar refractivity (Wildman–Crippen MR) is 113 cm³/mol. The number of esters is 1. The number of benzene rings is 3. The highest BCUT2D eigenvalue weighted by molar-refractivity contribution is 5.97. The number of carbonyl (C=O) groups excluding carboxylic acids is 1. The van der Waals surface area contributed by atoms with Gasteiger partial charge < -0.3 is 9.47 Å². The smallest absolute Gasteiger partial charge is 0.340 e. The van der Waals surface area contributed by atoms with Crippen LogP contribution < -0.4 is 4.74 Å². The lowest BCUT2D eigenvalue weighted by Gasteiger charge is -2.37. The van der Waals surface area contributed by atoms with E-state index >= 15 is 0 Å². The molecule has 4 nitrogen and oxygen atoms in total. The third-order valence-electron chi connectivity index (χ3n) is 5.91. The normalized spacial score (nSPS) is 19.0. The van der Waals surface area contributed by atoms with Crippen molar-refractivity contribution in [1.29, 1.82) is 0 Å². The molecule has 0 radical (unpaired) electrons. The fourth-order valence-corrected chi connectivity index (χ4v) is 4.35. The molecule has 0 saturated carbocycles. The molecular formula is C25H21NO3. The van der Waals surface area contributed by atoms with Crippen molar-refractivity contribution in [3.63, 3.8) is 0 Å². The van der Waals surface area contributed by atoms with Gasteiger partial charge in [0.15, 0.2) is 5.60 Å². The number of aliphatic imine (C=N–C) groups is 1. The number of carbonyl (C=O) groups is 1. The van der Waals surface area contributed by atoms with Gasteiger partial charge in [0.2, 0.25) is 0 Å². The zero-order valence-electron chi connectivity index (χ0n) is 16.9. The van der Waals surface area contributed by atoms with Gasteiger partial charge in [0.05, 0.1) is 11.3 Å². The molecule has 1 unspecified atom stereocenters. The Labute approximate surface area is 169 Å². The second-order valence-corrected chi connectivity index (χ2v) is 7.67. The summed E-state index contributed by atoms with van der Waals surface area (Å²) < 4.78 is 12.5. The predicted octanol–water partition coefficient (Wildman–Crippen LogP) is 5.90. The Hall–Kier alpha value is -3.40. The van der Waals surface area contributed by atoms with Gasteiger partial charge in [-0.15, -0.1) is 0 Å². The highest BCUT2D eigenvalue weighted by atomic mass is 16.6. The van der Waals surface area contributed by atoms with Crippen LogP contribution in [0.5, 0.6) is 11.5 Å². The first-order chi connectivity index (χ1) is 14.0. The van der Waals surface area contributed by atoms with Gasteiger partial charge in [-0.25, -0.2) is 4.79 Å². The van der Waals surface area contributed by atoms with Gasteiger partial charge in [-0.2, -0.15) is 0 Å². The monoisotopic (exact) mass is 383 g/mol. The second kappa shape index (κ2) is 6.05. The molecule has 0 saturated heterocycles. The van der Waals surface area contributed by atoms with Gasteiger partial charge in [-0.1, -0.05) is 18.2 Å². The molecule has 1 spiro atoms. The summed E-state index contributed by atoms with van der Waals surface area (Å²) in [5.74, 6) is 1.06. The van der Waals surface area contributed by atoms with E-state index in [1.165, 1.54) is 0 Å². The molecule has 2 heterocycles. The van der Waals surface area contributed by atoms with Gasteiger partial charge >= 0.3 is 5.97 Å². The van der Waals surface area contributed by atoms with Crippen LogP contribution in [0.15, 0.2) is 53.5 Å².